The van der Waals surface area contributed by atoms with Gasteiger partial charge in [0.05, 0.1) is 19.8 Å². The van der Waals surface area contributed by atoms with E-state index in [1.807, 2.05) is 0 Å². The molecule has 16 heavy (non-hydrogen) atoms. The molecule has 0 aromatic carbocycles. The predicted molar refractivity (Wildman–Crippen MR) is 57.6 cm³/mol. The van der Waals surface area contributed by atoms with Crippen molar-refractivity contribution in [3.63, 3.8) is 0 Å². The van der Waals surface area contributed by atoms with Gasteiger partial charge in [-0.3, -0.25) is 0 Å². The summed E-state index contributed by atoms with van der Waals surface area (Å²) in [5.74, 6) is -0.700. The largest absolute Gasteiger partial charge is 0.478 e. The highest BCUT2D eigenvalue weighted by Crippen LogP contribution is 2.10. The summed E-state index contributed by atoms with van der Waals surface area (Å²) in [6.07, 6.45) is 1.52. The maximum atomic E-state index is 10.8. The van der Waals surface area contributed by atoms with Gasteiger partial charge in [-0.2, -0.15) is 0 Å². The van der Waals surface area contributed by atoms with Crippen LogP contribution in [-0.2, 0) is 4.74 Å². The number of aromatic nitrogens is 1. The first-order valence-electron chi connectivity index (χ1n) is 4.86. The molecule has 0 unspecified atom stereocenters. The summed E-state index contributed by atoms with van der Waals surface area (Å²) in [7, 11) is 0. The minimum atomic E-state index is -1.02. The number of rotatable bonds is 7. The first-order valence-corrected chi connectivity index (χ1v) is 4.86. The average Bonchev–Trinajstić information content (AvgIpc) is 2.29. The van der Waals surface area contributed by atoms with Crippen LogP contribution in [0.25, 0.3) is 0 Å². The second kappa shape index (κ2) is 6.76. The van der Waals surface area contributed by atoms with E-state index >= 15 is 0 Å². The number of hydrogen-bond acceptors (Lipinski definition) is 5. The fourth-order valence-electron chi connectivity index (χ4n) is 1.13. The Labute approximate surface area is 92.9 Å². The molecule has 0 saturated carbocycles. The molecule has 1 aromatic rings. The van der Waals surface area contributed by atoms with Gasteiger partial charge in [0.1, 0.15) is 11.4 Å². The van der Waals surface area contributed by atoms with Gasteiger partial charge >= 0.3 is 5.97 Å². The number of carboxylic acids is 1. The molecule has 1 aromatic heterocycles. The van der Waals surface area contributed by atoms with Crippen LogP contribution in [-0.4, -0.2) is 47.5 Å². The van der Waals surface area contributed by atoms with Gasteiger partial charge in [0.2, 0.25) is 0 Å². The van der Waals surface area contributed by atoms with Crippen LogP contribution >= 0.6 is 0 Å². The maximum absolute atomic E-state index is 10.8. The second-order valence-corrected chi connectivity index (χ2v) is 2.97. The number of ether oxygens (including phenoxy) is 1. The van der Waals surface area contributed by atoms with Crippen LogP contribution in [0.5, 0.6) is 0 Å². The highest BCUT2D eigenvalue weighted by Gasteiger charge is 2.09. The molecule has 0 fully saturated rings. The number of carboxylic acid groups (broad SMARTS) is 1. The van der Waals surface area contributed by atoms with E-state index in [0.717, 1.165) is 0 Å². The topological polar surface area (TPSA) is 91.7 Å². The number of aliphatic hydroxyl groups is 1. The van der Waals surface area contributed by atoms with Gasteiger partial charge in [0.25, 0.3) is 0 Å². The molecular formula is C10H14N2O4. The summed E-state index contributed by atoms with van der Waals surface area (Å²) in [6, 6.07) is 3.04. The van der Waals surface area contributed by atoms with Crippen molar-refractivity contribution >= 4 is 11.8 Å². The third-order valence-electron chi connectivity index (χ3n) is 1.81. The zero-order chi connectivity index (χ0) is 11.8. The molecule has 6 heteroatoms. The standard InChI is InChI=1S/C10H14N2O4/c13-5-7-16-6-4-12-9-8(10(14)15)2-1-3-11-9/h1-3,13H,4-7H2,(H,11,12)(H,14,15). The Morgan fingerprint density at radius 3 is 3.00 bits per heavy atom. The van der Waals surface area contributed by atoms with Crippen molar-refractivity contribution in [1.29, 1.82) is 0 Å². The van der Waals surface area contributed by atoms with Gasteiger partial charge in [0, 0.05) is 12.7 Å². The monoisotopic (exact) mass is 226 g/mol. The van der Waals surface area contributed by atoms with Crippen LogP contribution in [0.2, 0.25) is 0 Å². The van der Waals surface area contributed by atoms with Crippen molar-refractivity contribution in [3.8, 4) is 0 Å². The fourth-order valence-corrected chi connectivity index (χ4v) is 1.13. The molecule has 1 heterocycles. The van der Waals surface area contributed by atoms with Gasteiger partial charge < -0.3 is 20.3 Å². The fraction of sp³-hybridized carbons (Fsp3) is 0.400. The van der Waals surface area contributed by atoms with Crippen LogP contribution in [0.4, 0.5) is 5.82 Å². The highest BCUT2D eigenvalue weighted by atomic mass is 16.5. The molecule has 0 aliphatic rings. The van der Waals surface area contributed by atoms with Crippen LogP contribution in [0.1, 0.15) is 10.4 Å². The van der Waals surface area contributed by atoms with Crippen LogP contribution < -0.4 is 5.32 Å². The zero-order valence-corrected chi connectivity index (χ0v) is 8.72. The quantitative estimate of drug-likeness (QED) is 0.575. The Hall–Kier alpha value is -1.66. The van der Waals surface area contributed by atoms with Gasteiger partial charge in [0.15, 0.2) is 0 Å². The van der Waals surface area contributed by atoms with Gasteiger partial charge in [-0.05, 0) is 12.1 Å². The zero-order valence-electron chi connectivity index (χ0n) is 8.72. The number of pyridine rings is 1. The number of anilines is 1. The molecule has 0 aliphatic carbocycles. The van der Waals surface area contributed by atoms with E-state index in [0.29, 0.717) is 19.0 Å². The Balaban J connectivity index is 2.44. The number of carbonyl (C=O) groups is 1. The van der Waals surface area contributed by atoms with Crippen molar-refractivity contribution in [2.45, 2.75) is 0 Å². The smallest absolute Gasteiger partial charge is 0.339 e. The van der Waals surface area contributed by atoms with E-state index in [2.05, 4.69) is 10.3 Å². The van der Waals surface area contributed by atoms with Crippen molar-refractivity contribution in [2.24, 2.45) is 0 Å². The molecular weight excluding hydrogens is 212 g/mol. The molecule has 0 atom stereocenters. The molecule has 1 rings (SSSR count). The lowest BCUT2D eigenvalue weighted by atomic mass is 10.2. The number of nitrogens with zero attached hydrogens (tertiary/aromatic N) is 1. The minimum Gasteiger partial charge on any atom is -0.478 e. The molecule has 0 amide bonds. The first-order chi connectivity index (χ1) is 7.75. The van der Waals surface area contributed by atoms with Crippen molar-refractivity contribution in [2.75, 3.05) is 31.7 Å². The first kappa shape index (κ1) is 12.4. The summed E-state index contributed by atoms with van der Waals surface area (Å²) in [5, 5.41) is 20.2. The lowest BCUT2D eigenvalue weighted by Gasteiger charge is -2.07. The maximum Gasteiger partial charge on any atom is 0.339 e. The normalized spacial score (nSPS) is 10.1. The van der Waals surface area contributed by atoms with Crippen molar-refractivity contribution < 1.29 is 19.7 Å². The van der Waals surface area contributed by atoms with E-state index in [1.165, 1.54) is 12.3 Å². The Morgan fingerprint density at radius 2 is 2.31 bits per heavy atom. The SMILES string of the molecule is O=C(O)c1cccnc1NCCOCCO. The number of nitrogens with one attached hydrogen (secondary N) is 1. The van der Waals surface area contributed by atoms with E-state index in [-0.39, 0.29) is 18.8 Å². The lowest BCUT2D eigenvalue weighted by molar-refractivity contribution is 0.0697. The number of aliphatic hydroxyl groups excluding tert-OH is 1. The Kier molecular flexibility index (Phi) is 5.24. The summed E-state index contributed by atoms with van der Waals surface area (Å²) in [4.78, 5) is 14.7. The van der Waals surface area contributed by atoms with Gasteiger partial charge in [-0.15, -0.1) is 0 Å². The van der Waals surface area contributed by atoms with Crippen LogP contribution in [0, 0.1) is 0 Å². The van der Waals surface area contributed by atoms with Gasteiger partial charge in [-0.1, -0.05) is 0 Å². The van der Waals surface area contributed by atoms with Crippen molar-refractivity contribution in [1.82, 2.24) is 4.98 Å². The van der Waals surface area contributed by atoms with Crippen molar-refractivity contribution in [3.05, 3.63) is 23.9 Å². The summed E-state index contributed by atoms with van der Waals surface area (Å²) < 4.78 is 5.02. The highest BCUT2D eigenvalue weighted by molar-refractivity contribution is 5.92. The molecule has 3 N–H and O–H groups in total. The molecule has 0 radical (unpaired) electrons. The molecule has 0 saturated heterocycles. The summed E-state index contributed by atoms with van der Waals surface area (Å²) >= 11 is 0. The minimum absolute atomic E-state index is 0.0238. The van der Waals surface area contributed by atoms with E-state index in [4.69, 9.17) is 14.9 Å². The van der Waals surface area contributed by atoms with Crippen LogP contribution in [0.15, 0.2) is 18.3 Å². The third-order valence-corrected chi connectivity index (χ3v) is 1.81. The summed E-state index contributed by atoms with van der Waals surface area (Å²) in [6.45, 7) is 1.08. The Bertz CT molecular complexity index is 343. The Morgan fingerprint density at radius 1 is 1.50 bits per heavy atom. The van der Waals surface area contributed by atoms with E-state index in [1.54, 1.807) is 6.07 Å². The average molecular weight is 226 g/mol. The third kappa shape index (κ3) is 3.84. The number of aromatic carboxylic acids is 1. The van der Waals surface area contributed by atoms with Gasteiger partial charge in [-0.25, -0.2) is 9.78 Å². The molecule has 88 valence electrons. The lowest BCUT2D eigenvalue weighted by Crippen LogP contribution is -2.14. The molecule has 0 spiro atoms. The predicted octanol–water partition coefficient (Wildman–Crippen LogP) is 0.201. The summed E-state index contributed by atoms with van der Waals surface area (Å²) in [5.41, 5.74) is 0.129. The van der Waals surface area contributed by atoms with E-state index in [9.17, 15) is 4.79 Å². The van der Waals surface area contributed by atoms with Crippen LogP contribution in [0.3, 0.4) is 0 Å². The molecule has 6 nitrogen and oxygen atoms in total. The molecule has 0 bridgehead atoms. The van der Waals surface area contributed by atoms with E-state index < -0.39 is 5.97 Å². The molecule has 0 aliphatic heterocycles. The second-order valence-electron chi connectivity index (χ2n) is 2.97. The number of hydrogen-bond donors (Lipinski definition) is 3.